The molecular weight excluding hydrogens is 332 g/mol. The lowest BCUT2D eigenvalue weighted by molar-refractivity contribution is -0.118. The summed E-state index contributed by atoms with van der Waals surface area (Å²) < 4.78 is 5.43. The van der Waals surface area contributed by atoms with Gasteiger partial charge in [-0.1, -0.05) is 13.0 Å². The predicted molar refractivity (Wildman–Crippen MR) is 99.6 cm³/mol. The molecule has 26 heavy (non-hydrogen) atoms. The van der Waals surface area contributed by atoms with Crippen molar-refractivity contribution in [1.29, 1.82) is 0 Å². The molecule has 2 aromatic carbocycles. The molecule has 0 bridgehead atoms. The van der Waals surface area contributed by atoms with Gasteiger partial charge >= 0.3 is 0 Å². The number of amides is 2. The standard InChI is InChI=1S/C20H22N2O4/c1-4-18(23)14-8-10-17(11-9-14)26-13-19(24)21-16-7-5-6-15(12-16)20(25)22(2)3/h5-12H,4,13H2,1-3H3,(H,21,24). The van der Waals surface area contributed by atoms with E-state index in [1.807, 2.05) is 0 Å². The number of carbonyl (C=O) groups is 3. The van der Waals surface area contributed by atoms with Gasteiger partial charge in [-0.15, -0.1) is 0 Å². The molecule has 2 amide bonds. The Morgan fingerprint density at radius 2 is 1.69 bits per heavy atom. The minimum Gasteiger partial charge on any atom is -0.484 e. The Labute approximate surface area is 152 Å². The summed E-state index contributed by atoms with van der Waals surface area (Å²) >= 11 is 0. The van der Waals surface area contributed by atoms with Gasteiger partial charge in [-0.2, -0.15) is 0 Å². The van der Waals surface area contributed by atoms with Crippen LogP contribution >= 0.6 is 0 Å². The van der Waals surface area contributed by atoms with Crippen molar-refractivity contribution in [3.63, 3.8) is 0 Å². The summed E-state index contributed by atoms with van der Waals surface area (Å²) in [5, 5.41) is 2.70. The quantitative estimate of drug-likeness (QED) is 0.776. The van der Waals surface area contributed by atoms with Crippen molar-refractivity contribution in [3.05, 3.63) is 59.7 Å². The third kappa shape index (κ3) is 5.17. The molecule has 0 saturated carbocycles. The maximum absolute atomic E-state index is 12.0. The van der Waals surface area contributed by atoms with Crippen LogP contribution in [0.2, 0.25) is 0 Å². The third-order valence-electron chi connectivity index (χ3n) is 3.67. The fourth-order valence-electron chi connectivity index (χ4n) is 2.28. The third-order valence-corrected chi connectivity index (χ3v) is 3.67. The Bertz CT molecular complexity index is 798. The topological polar surface area (TPSA) is 75.7 Å². The number of benzene rings is 2. The molecule has 0 fully saturated rings. The van der Waals surface area contributed by atoms with E-state index in [2.05, 4.69) is 5.32 Å². The number of carbonyl (C=O) groups excluding carboxylic acids is 3. The number of anilines is 1. The Balaban J connectivity index is 1.92. The van der Waals surface area contributed by atoms with Crippen LogP contribution in [0.15, 0.2) is 48.5 Å². The van der Waals surface area contributed by atoms with E-state index in [1.54, 1.807) is 69.6 Å². The molecule has 6 heteroatoms. The van der Waals surface area contributed by atoms with Gasteiger partial charge in [0.05, 0.1) is 0 Å². The summed E-state index contributed by atoms with van der Waals surface area (Å²) in [4.78, 5) is 37.0. The van der Waals surface area contributed by atoms with Crippen LogP contribution in [0.5, 0.6) is 5.75 Å². The molecule has 0 aliphatic heterocycles. The summed E-state index contributed by atoms with van der Waals surface area (Å²) in [6, 6.07) is 13.4. The highest BCUT2D eigenvalue weighted by atomic mass is 16.5. The largest absolute Gasteiger partial charge is 0.484 e. The smallest absolute Gasteiger partial charge is 0.262 e. The minimum atomic E-state index is -0.340. The van der Waals surface area contributed by atoms with E-state index in [1.165, 1.54) is 4.90 Å². The monoisotopic (exact) mass is 354 g/mol. The van der Waals surface area contributed by atoms with Crippen LogP contribution in [0.3, 0.4) is 0 Å². The summed E-state index contributed by atoms with van der Waals surface area (Å²) in [6.07, 6.45) is 0.442. The number of ketones is 1. The lowest BCUT2D eigenvalue weighted by Gasteiger charge is -2.12. The van der Waals surface area contributed by atoms with Gasteiger partial charge in [-0.05, 0) is 42.5 Å². The highest BCUT2D eigenvalue weighted by Gasteiger charge is 2.10. The van der Waals surface area contributed by atoms with Crippen molar-refractivity contribution in [3.8, 4) is 5.75 Å². The van der Waals surface area contributed by atoms with Crippen molar-refractivity contribution in [2.75, 3.05) is 26.0 Å². The van der Waals surface area contributed by atoms with Crippen LogP contribution in [0.4, 0.5) is 5.69 Å². The first kappa shape index (κ1) is 19.2. The van der Waals surface area contributed by atoms with E-state index in [0.717, 1.165) is 0 Å². The molecule has 0 aliphatic rings. The fraction of sp³-hybridized carbons (Fsp3) is 0.250. The summed E-state index contributed by atoms with van der Waals surface area (Å²) in [5.74, 6) is 0.0815. The molecular formula is C20H22N2O4. The van der Waals surface area contributed by atoms with E-state index in [9.17, 15) is 14.4 Å². The Kier molecular flexibility index (Phi) is 6.49. The van der Waals surface area contributed by atoms with Gasteiger partial charge in [-0.25, -0.2) is 0 Å². The van der Waals surface area contributed by atoms with Crippen LogP contribution in [-0.4, -0.2) is 43.2 Å². The first-order valence-electron chi connectivity index (χ1n) is 8.28. The molecule has 0 heterocycles. The molecule has 0 radical (unpaired) electrons. The molecule has 1 N–H and O–H groups in total. The summed E-state index contributed by atoms with van der Waals surface area (Å²) in [5.41, 5.74) is 1.63. The van der Waals surface area contributed by atoms with E-state index in [0.29, 0.717) is 29.0 Å². The Hall–Kier alpha value is -3.15. The lowest BCUT2D eigenvalue weighted by atomic mass is 10.1. The first-order valence-corrected chi connectivity index (χ1v) is 8.28. The van der Waals surface area contributed by atoms with Gasteiger partial charge in [-0.3, -0.25) is 14.4 Å². The molecule has 2 rings (SSSR count). The fourth-order valence-corrected chi connectivity index (χ4v) is 2.28. The number of hydrogen-bond donors (Lipinski definition) is 1. The van der Waals surface area contributed by atoms with Crippen molar-refractivity contribution >= 4 is 23.3 Å². The molecule has 0 aromatic heterocycles. The van der Waals surface area contributed by atoms with Crippen molar-refractivity contribution in [2.45, 2.75) is 13.3 Å². The van der Waals surface area contributed by atoms with Gasteiger partial charge in [0.15, 0.2) is 12.4 Å². The highest BCUT2D eigenvalue weighted by Crippen LogP contribution is 2.15. The Morgan fingerprint density at radius 3 is 2.31 bits per heavy atom. The van der Waals surface area contributed by atoms with Crippen molar-refractivity contribution < 1.29 is 19.1 Å². The number of ether oxygens (including phenoxy) is 1. The van der Waals surface area contributed by atoms with Crippen LogP contribution in [0.1, 0.15) is 34.1 Å². The number of nitrogens with one attached hydrogen (secondary N) is 1. The van der Waals surface area contributed by atoms with E-state index in [4.69, 9.17) is 4.74 Å². The first-order chi connectivity index (χ1) is 12.4. The average Bonchev–Trinajstić information content (AvgIpc) is 2.65. The van der Waals surface area contributed by atoms with Crippen molar-refractivity contribution in [1.82, 2.24) is 4.90 Å². The molecule has 0 aliphatic carbocycles. The SMILES string of the molecule is CCC(=O)c1ccc(OCC(=O)Nc2cccc(C(=O)N(C)C)c2)cc1. The maximum atomic E-state index is 12.0. The molecule has 136 valence electrons. The van der Waals surface area contributed by atoms with E-state index in [-0.39, 0.29) is 24.2 Å². The zero-order chi connectivity index (χ0) is 19.1. The molecule has 2 aromatic rings. The number of nitrogens with zero attached hydrogens (tertiary/aromatic N) is 1. The maximum Gasteiger partial charge on any atom is 0.262 e. The molecule has 0 saturated heterocycles. The van der Waals surface area contributed by atoms with Crippen LogP contribution in [-0.2, 0) is 4.79 Å². The van der Waals surface area contributed by atoms with Crippen molar-refractivity contribution in [2.24, 2.45) is 0 Å². The second-order valence-electron chi connectivity index (χ2n) is 5.92. The van der Waals surface area contributed by atoms with Crippen LogP contribution in [0, 0.1) is 0 Å². The van der Waals surface area contributed by atoms with Gasteiger partial charge in [0.2, 0.25) is 0 Å². The highest BCUT2D eigenvalue weighted by molar-refractivity contribution is 5.97. The summed E-state index contributed by atoms with van der Waals surface area (Å²) in [7, 11) is 3.33. The number of rotatable bonds is 7. The molecule has 6 nitrogen and oxygen atoms in total. The zero-order valence-electron chi connectivity index (χ0n) is 15.1. The van der Waals surface area contributed by atoms with Gasteiger partial charge in [0.25, 0.3) is 11.8 Å². The average molecular weight is 354 g/mol. The second kappa shape index (κ2) is 8.80. The van der Waals surface area contributed by atoms with E-state index >= 15 is 0 Å². The zero-order valence-corrected chi connectivity index (χ0v) is 15.1. The number of Topliss-reactive ketones (excluding diaryl/α,β-unsaturated/α-hetero) is 1. The molecule has 0 atom stereocenters. The minimum absolute atomic E-state index is 0.0569. The van der Waals surface area contributed by atoms with Gasteiger partial charge < -0.3 is 15.0 Å². The van der Waals surface area contributed by atoms with Gasteiger partial charge in [0.1, 0.15) is 5.75 Å². The van der Waals surface area contributed by atoms with E-state index < -0.39 is 0 Å². The van der Waals surface area contributed by atoms with Crippen LogP contribution < -0.4 is 10.1 Å². The second-order valence-corrected chi connectivity index (χ2v) is 5.92. The lowest BCUT2D eigenvalue weighted by Crippen LogP contribution is -2.23. The molecule has 0 spiro atoms. The van der Waals surface area contributed by atoms with Gasteiger partial charge in [0, 0.05) is 37.3 Å². The summed E-state index contributed by atoms with van der Waals surface area (Å²) in [6.45, 7) is 1.63. The molecule has 0 unspecified atom stereocenters. The Morgan fingerprint density at radius 1 is 1.00 bits per heavy atom. The van der Waals surface area contributed by atoms with Crippen LogP contribution in [0.25, 0.3) is 0 Å². The normalized spacial score (nSPS) is 10.1. The predicted octanol–water partition coefficient (Wildman–Crippen LogP) is 3.00. The number of hydrogen-bond acceptors (Lipinski definition) is 4.